The second-order valence-electron chi connectivity index (χ2n) is 7.44. The molecule has 4 aromatic rings. The molecule has 32 heavy (non-hydrogen) atoms. The largest absolute Gasteiger partial charge is 0.678 e. The first kappa shape index (κ1) is 19.9. The van der Waals surface area contributed by atoms with Crippen molar-refractivity contribution >= 4 is 18.7 Å². The molecule has 154 valence electrons. The van der Waals surface area contributed by atoms with Gasteiger partial charge >= 0.3 is 7.40 Å². The monoisotopic (exact) mass is 420 g/mol. The molecule has 0 N–H and O–H groups in total. The third-order valence-corrected chi connectivity index (χ3v) is 5.47. The van der Waals surface area contributed by atoms with Gasteiger partial charge in [0.15, 0.2) is 0 Å². The fraction of sp³-hybridized carbons (Fsp3) is 0. The molecule has 0 aliphatic carbocycles. The molecule has 1 aliphatic rings. The van der Waals surface area contributed by atoms with Crippen molar-refractivity contribution in [3.63, 3.8) is 0 Å². The maximum absolute atomic E-state index is 14.4. The van der Waals surface area contributed by atoms with Crippen LogP contribution in [-0.2, 0) is 0 Å². The van der Waals surface area contributed by atoms with Crippen LogP contribution >= 0.6 is 0 Å². The molecule has 0 amide bonds. The van der Waals surface area contributed by atoms with E-state index in [0.29, 0.717) is 22.7 Å². The number of allylic oxidation sites excluding steroid dienone is 2. The zero-order chi connectivity index (χ0) is 21.9. The van der Waals surface area contributed by atoms with E-state index in [1.165, 1.54) is 0 Å². The van der Waals surface area contributed by atoms with E-state index in [9.17, 15) is 8.63 Å². The van der Waals surface area contributed by atoms with Crippen LogP contribution in [0.3, 0.4) is 0 Å². The van der Waals surface area contributed by atoms with Crippen molar-refractivity contribution in [3.8, 4) is 11.3 Å². The van der Waals surface area contributed by atoms with Gasteiger partial charge in [-0.3, -0.25) is 8.63 Å². The molecular formula is C27H19BF2N2. The summed E-state index contributed by atoms with van der Waals surface area (Å²) in [7, 11) is -2.70. The zero-order valence-corrected chi connectivity index (χ0v) is 17.2. The molecule has 2 heterocycles. The van der Waals surface area contributed by atoms with E-state index < -0.39 is 7.40 Å². The minimum absolute atomic E-state index is 0.433. The zero-order valence-electron chi connectivity index (χ0n) is 17.2. The molecule has 1 aliphatic heterocycles. The summed E-state index contributed by atoms with van der Waals surface area (Å²) in [5, 5.41) is 0. The van der Waals surface area contributed by atoms with E-state index >= 15 is 0 Å². The van der Waals surface area contributed by atoms with E-state index in [2.05, 4.69) is 0 Å². The van der Waals surface area contributed by atoms with Crippen molar-refractivity contribution in [2.45, 2.75) is 0 Å². The number of hydrogen-bond donors (Lipinski definition) is 0. The van der Waals surface area contributed by atoms with Gasteiger partial charge in [-0.1, -0.05) is 91.0 Å². The number of hydrogen-bond acceptors (Lipinski definition) is 1. The van der Waals surface area contributed by atoms with Crippen LogP contribution in [0.15, 0.2) is 126 Å². The Morgan fingerprint density at radius 2 is 1.25 bits per heavy atom. The molecule has 0 saturated carbocycles. The highest BCUT2D eigenvalue weighted by Crippen LogP contribution is 2.35. The van der Waals surface area contributed by atoms with Gasteiger partial charge in [-0.05, 0) is 35.4 Å². The highest BCUT2D eigenvalue weighted by atomic mass is 19.2. The average Bonchev–Trinajstić information content (AvgIpc) is 3.50. The first-order valence-corrected chi connectivity index (χ1v) is 10.4. The van der Waals surface area contributed by atoms with Crippen molar-refractivity contribution in [1.82, 2.24) is 4.48 Å². The quantitative estimate of drug-likeness (QED) is 0.318. The molecule has 0 unspecified atom stereocenters. The van der Waals surface area contributed by atoms with Crippen molar-refractivity contribution in [2.24, 2.45) is 4.99 Å². The summed E-state index contributed by atoms with van der Waals surface area (Å²) < 4.78 is 29.9. The van der Waals surface area contributed by atoms with Crippen molar-refractivity contribution in [1.29, 1.82) is 0 Å². The molecule has 3 aromatic carbocycles. The second-order valence-corrected chi connectivity index (χ2v) is 7.44. The summed E-state index contributed by atoms with van der Waals surface area (Å²) >= 11 is 0. The lowest BCUT2D eigenvalue weighted by Crippen LogP contribution is -2.17. The first-order chi connectivity index (χ1) is 15.7. The molecule has 0 radical (unpaired) electrons. The Morgan fingerprint density at radius 1 is 0.656 bits per heavy atom. The van der Waals surface area contributed by atoms with Crippen molar-refractivity contribution < 1.29 is 8.63 Å². The Labute approximate surface area is 186 Å². The lowest BCUT2D eigenvalue weighted by atomic mass is 9.98. The third-order valence-electron chi connectivity index (χ3n) is 5.47. The third kappa shape index (κ3) is 3.74. The van der Waals surface area contributed by atoms with Gasteiger partial charge in [0.2, 0.25) is 0 Å². The lowest BCUT2D eigenvalue weighted by Gasteiger charge is -2.15. The number of rotatable bonds is 5. The van der Waals surface area contributed by atoms with E-state index in [1.807, 2.05) is 103 Å². The minimum Gasteiger partial charge on any atom is -0.325 e. The smallest absolute Gasteiger partial charge is 0.325 e. The van der Waals surface area contributed by atoms with Crippen LogP contribution in [0, 0.1) is 0 Å². The molecule has 0 fully saturated rings. The van der Waals surface area contributed by atoms with Gasteiger partial charge in [0.1, 0.15) is 0 Å². The van der Waals surface area contributed by atoms with Crippen LogP contribution in [0.5, 0.6) is 0 Å². The normalized spacial score (nSPS) is 14.4. The van der Waals surface area contributed by atoms with Gasteiger partial charge in [0, 0.05) is 22.5 Å². The van der Waals surface area contributed by atoms with Gasteiger partial charge in [-0.15, -0.1) is 0 Å². The molecular weight excluding hydrogens is 401 g/mol. The number of aromatic nitrogens is 1. The Balaban J connectivity index is 1.73. The van der Waals surface area contributed by atoms with Crippen LogP contribution < -0.4 is 0 Å². The molecule has 0 atom stereocenters. The highest BCUT2D eigenvalue weighted by Gasteiger charge is 2.28. The standard InChI is InChI=1S/C27H19BF2N2/c29-28(30)32-25(21-12-6-2-7-13-21)18-19-26(32)27(22-14-8-3-9-15-22)24-17-16-23(31-24)20-10-4-1-5-11-20/h1-19H. The van der Waals surface area contributed by atoms with Crippen LogP contribution in [0.25, 0.3) is 16.8 Å². The summed E-state index contributed by atoms with van der Waals surface area (Å²) in [4.78, 5) is 4.82. The average molecular weight is 420 g/mol. The Hall–Kier alpha value is -3.99. The van der Waals surface area contributed by atoms with Crippen LogP contribution in [-0.4, -0.2) is 17.6 Å². The lowest BCUT2D eigenvalue weighted by molar-refractivity contribution is 0.630. The van der Waals surface area contributed by atoms with E-state index in [4.69, 9.17) is 4.99 Å². The fourth-order valence-corrected chi connectivity index (χ4v) is 4.01. The van der Waals surface area contributed by atoms with Crippen molar-refractivity contribution in [3.05, 3.63) is 138 Å². The maximum Gasteiger partial charge on any atom is 0.678 e. The predicted octanol–water partition coefficient (Wildman–Crippen LogP) is 6.75. The Morgan fingerprint density at radius 3 is 1.88 bits per heavy atom. The fourth-order valence-electron chi connectivity index (χ4n) is 4.01. The van der Waals surface area contributed by atoms with Gasteiger partial charge < -0.3 is 4.48 Å². The van der Waals surface area contributed by atoms with E-state index in [1.54, 1.807) is 12.1 Å². The summed E-state index contributed by atoms with van der Waals surface area (Å²) in [6.07, 6.45) is 3.83. The summed E-state index contributed by atoms with van der Waals surface area (Å²) in [5.74, 6) is 0. The van der Waals surface area contributed by atoms with E-state index in [0.717, 1.165) is 26.9 Å². The molecule has 0 bridgehead atoms. The minimum atomic E-state index is -2.70. The predicted molar refractivity (Wildman–Crippen MR) is 128 cm³/mol. The number of nitrogens with zero attached hydrogens (tertiary/aromatic N) is 2. The molecule has 0 saturated heterocycles. The summed E-state index contributed by atoms with van der Waals surface area (Å²) in [6.45, 7) is 0. The van der Waals surface area contributed by atoms with Crippen molar-refractivity contribution in [2.75, 3.05) is 0 Å². The van der Waals surface area contributed by atoms with Gasteiger partial charge in [0.05, 0.1) is 11.4 Å². The van der Waals surface area contributed by atoms with E-state index in [-0.39, 0.29) is 0 Å². The Bertz CT molecular complexity index is 1320. The molecule has 5 heteroatoms. The summed E-state index contributed by atoms with van der Waals surface area (Å²) in [6, 6.07) is 32.2. The SMILES string of the molecule is FB(F)n1c(C(=C2C=CC(c3ccccc3)=N2)c2ccccc2)ccc1-c1ccccc1. The molecule has 0 spiro atoms. The van der Waals surface area contributed by atoms with Crippen LogP contribution in [0.1, 0.15) is 16.8 Å². The molecule has 2 nitrogen and oxygen atoms in total. The van der Waals surface area contributed by atoms with Gasteiger partial charge in [-0.2, -0.15) is 0 Å². The number of aliphatic imine (C=N–C) groups is 1. The topological polar surface area (TPSA) is 17.3 Å². The second kappa shape index (κ2) is 8.63. The van der Waals surface area contributed by atoms with Crippen LogP contribution in [0.4, 0.5) is 8.63 Å². The van der Waals surface area contributed by atoms with Gasteiger partial charge in [0.25, 0.3) is 0 Å². The molecule has 1 aromatic heterocycles. The number of halogens is 2. The first-order valence-electron chi connectivity index (χ1n) is 10.4. The van der Waals surface area contributed by atoms with Gasteiger partial charge in [-0.25, -0.2) is 4.99 Å². The summed E-state index contributed by atoms with van der Waals surface area (Å²) in [5.41, 5.74) is 5.62. The highest BCUT2D eigenvalue weighted by molar-refractivity contribution is 6.42. The molecule has 5 rings (SSSR count). The Kier molecular flexibility index (Phi) is 5.38. The maximum atomic E-state index is 14.4. The van der Waals surface area contributed by atoms with Crippen LogP contribution in [0.2, 0.25) is 0 Å². The number of benzene rings is 3.